The first-order valence-electron chi connectivity index (χ1n) is 7.85. The smallest absolute Gasteiger partial charge is 0.136 e. The first kappa shape index (κ1) is 14.9. The van der Waals surface area contributed by atoms with E-state index >= 15 is 0 Å². The number of rotatable bonds is 3. The SMILES string of the molecule is N[C@@H]1CN(Cc2cnc3ccc(Br)cn23)C[C@H]1c1ccccc1. The van der Waals surface area contributed by atoms with Crippen LogP contribution in [0.2, 0.25) is 0 Å². The normalized spacial score (nSPS) is 22.0. The number of aromatic nitrogens is 2. The lowest BCUT2D eigenvalue weighted by Gasteiger charge is -2.16. The number of likely N-dealkylation sites (tertiary alicyclic amines) is 1. The largest absolute Gasteiger partial charge is 0.326 e. The van der Waals surface area contributed by atoms with Crippen molar-refractivity contribution in [3.8, 4) is 0 Å². The molecule has 1 aliphatic heterocycles. The van der Waals surface area contributed by atoms with Crippen LogP contribution in [-0.2, 0) is 6.54 Å². The Bertz CT molecular complexity index is 814. The van der Waals surface area contributed by atoms with Gasteiger partial charge in [-0.25, -0.2) is 4.98 Å². The second kappa shape index (κ2) is 6.07. The van der Waals surface area contributed by atoms with Crippen molar-refractivity contribution in [3.63, 3.8) is 0 Å². The molecule has 4 rings (SSSR count). The van der Waals surface area contributed by atoms with Gasteiger partial charge in [0.1, 0.15) is 5.65 Å². The Hall–Kier alpha value is -1.69. The zero-order valence-electron chi connectivity index (χ0n) is 12.8. The molecule has 3 aromatic rings. The molecule has 0 radical (unpaired) electrons. The third-order valence-corrected chi connectivity index (χ3v) is 5.07. The molecule has 5 heteroatoms. The van der Waals surface area contributed by atoms with Gasteiger partial charge in [-0.3, -0.25) is 4.90 Å². The number of pyridine rings is 1. The molecule has 0 spiro atoms. The van der Waals surface area contributed by atoms with Gasteiger partial charge >= 0.3 is 0 Å². The van der Waals surface area contributed by atoms with E-state index in [9.17, 15) is 0 Å². The Morgan fingerprint density at radius 3 is 2.78 bits per heavy atom. The molecular formula is C18H19BrN4. The van der Waals surface area contributed by atoms with E-state index in [-0.39, 0.29) is 6.04 Å². The number of nitrogens with zero attached hydrogens (tertiary/aromatic N) is 3. The summed E-state index contributed by atoms with van der Waals surface area (Å²) in [5.74, 6) is 0.405. The van der Waals surface area contributed by atoms with Gasteiger partial charge in [-0.05, 0) is 33.6 Å². The summed E-state index contributed by atoms with van der Waals surface area (Å²) >= 11 is 3.53. The van der Waals surface area contributed by atoms with Crippen LogP contribution in [-0.4, -0.2) is 33.4 Å². The third kappa shape index (κ3) is 2.92. The first-order valence-corrected chi connectivity index (χ1v) is 8.64. The van der Waals surface area contributed by atoms with E-state index in [1.807, 2.05) is 18.3 Å². The zero-order chi connectivity index (χ0) is 15.8. The van der Waals surface area contributed by atoms with Gasteiger partial charge < -0.3 is 10.1 Å². The summed E-state index contributed by atoms with van der Waals surface area (Å²) in [7, 11) is 0. The first-order chi connectivity index (χ1) is 11.2. The van der Waals surface area contributed by atoms with Gasteiger partial charge in [0.25, 0.3) is 0 Å². The minimum Gasteiger partial charge on any atom is -0.326 e. The van der Waals surface area contributed by atoms with Gasteiger partial charge in [-0.2, -0.15) is 0 Å². The van der Waals surface area contributed by atoms with Gasteiger partial charge in [-0.1, -0.05) is 30.3 Å². The fourth-order valence-corrected chi connectivity index (χ4v) is 3.78. The van der Waals surface area contributed by atoms with Crippen molar-refractivity contribution in [1.82, 2.24) is 14.3 Å². The molecule has 1 aromatic carbocycles. The molecule has 23 heavy (non-hydrogen) atoms. The average Bonchev–Trinajstić information content (AvgIpc) is 3.12. The fraction of sp³-hybridized carbons (Fsp3) is 0.278. The molecule has 2 N–H and O–H groups in total. The quantitative estimate of drug-likeness (QED) is 0.770. The van der Waals surface area contributed by atoms with E-state index in [0.717, 1.165) is 29.8 Å². The molecule has 4 nitrogen and oxygen atoms in total. The van der Waals surface area contributed by atoms with Crippen molar-refractivity contribution in [3.05, 3.63) is 70.6 Å². The van der Waals surface area contributed by atoms with Gasteiger partial charge in [0.2, 0.25) is 0 Å². The van der Waals surface area contributed by atoms with Crippen LogP contribution in [0.5, 0.6) is 0 Å². The highest BCUT2D eigenvalue weighted by molar-refractivity contribution is 9.10. The summed E-state index contributed by atoms with van der Waals surface area (Å²) in [6, 6.07) is 14.8. The minimum absolute atomic E-state index is 0.184. The van der Waals surface area contributed by atoms with Crippen molar-refractivity contribution < 1.29 is 0 Å². The molecule has 0 aliphatic carbocycles. The monoisotopic (exact) mass is 370 g/mol. The number of benzene rings is 1. The second-order valence-electron chi connectivity index (χ2n) is 6.20. The third-order valence-electron chi connectivity index (χ3n) is 4.60. The zero-order valence-corrected chi connectivity index (χ0v) is 14.4. The van der Waals surface area contributed by atoms with Crippen LogP contribution < -0.4 is 5.73 Å². The van der Waals surface area contributed by atoms with Crippen molar-refractivity contribution in [2.45, 2.75) is 18.5 Å². The maximum atomic E-state index is 6.40. The molecule has 3 heterocycles. The summed E-state index contributed by atoms with van der Waals surface area (Å²) in [6.45, 7) is 2.78. The number of halogens is 1. The second-order valence-corrected chi connectivity index (χ2v) is 7.12. The standard InChI is InChI=1S/C18H19BrN4/c19-14-6-7-18-21-8-15(23(18)9-14)10-22-11-16(17(20)12-22)13-4-2-1-3-5-13/h1-9,16-17H,10-12,20H2/t16-,17+/m0/s1. The fourth-order valence-electron chi connectivity index (χ4n) is 3.45. The van der Waals surface area contributed by atoms with Crippen molar-refractivity contribution in [2.24, 2.45) is 5.73 Å². The Morgan fingerprint density at radius 1 is 1.13 bits per heavy atom. The van der Waals surface area contributed by atoms with Gasteiger partial charge in [0.15, 0.2) is 0 Å². The number of hydrogen-bond acceptors (Lipinski definition) is 3. The molecular weight excluding hydrogens is 352 g/mol. The predicted octanol–water partition coefficient (Wildman–Crippen LogP) is 3.02. The van der Waals surface area contributed by atoms with E-state index in [0.29, 0.717) is 5.92 Å². The lowest BCUT2D eigenvalue weighted by Crippen LogP contribution is -2.28. The molecule has 1 saturated heterocycles. The topological polar surface area (TPSA) is 46.6 Å². The van der Waals surface area contributed by atoms with Crippen LogP contribution in [0.1, 0.15) is 17.2 Å². The maximum absolute atomic E-state index is 6.40. The molecule has 1 aliphatic rings. The summed E-state index contributed by atoms with van der Waals surface area (Å²) < 4.78 is 3.20. The molecule has 2 atom stereocenters. The van der Waals surface area contributed by atoms with E-state index in [1.165, 1.54) is 11.3 Å². The molecule has 0 bridgehead atoms. The lowest BCUT2D eigenvalue weighted by molar-refractivity contribution is 0.319. The van der Waals surface area contributed by atoms with Crippen LogP contribution >= 0.6 is 15.9 Å². The van der Waals surface area contributed by atoms with Crippen LogP contribution in [0.3, 0.4) is 0 Å². The van der Waals surface area contributed by atoms with E-state index < -0.39 is 0 Å². The van der Waals surface area contributed by atoms with Crippen LogP contribution in [0.15, 0.2) is 59.3 Å². The molecule has 1 fully saturated rings. The molecule has 2 aromatic heterocycles. The highest BCUT2D eigenvalue weighted by Gasteiger charge is 2.31. The van der Waals surface area contributed by atoms with Crippen LogP contribution in [0.25, 0.3) is 5.65 Å². The van der Waals surface area contributed by atoms with E-state index in [2.05, 4.69) is 66.7 Å². The number of hydrogen-bond donors (Lipinski definition) is 1. The van der Waals surface area contributed by atoms with Crippen molar-refractivity contribution in [2.75, 3.05) is 13.1 Å². The lowest BCUT2D eigenvalue weighted by atomic mass is 9.95. The van der Waals surface area contributed by atoms with E-state index in [4.69, 9.17) is 5.73 Å². The summed E-state index contributed by atoms with van der Waals surface area (Å²) in [4.78, 5) is 6.91. The van der Waals surface area contributed by atoms with Crippen LogP contribution in [0.4, 0.5) is 0 Å². The Morgan fingerprint density at radius 2 is 1.96 bits per heavy atom. The number of fused-ring (bicyclic) bond motifs is 1. The maximum Gasteiger partial charge on any atom is 0.136 e. The van der Waals surface area contributed by atoms with Gasteiger partial charge in [0.05, 0.1) is 11.9 Å². The average molecular weight is 371 g/mol. The highest BCUT2D eigenvalue weighted by atomic mass is 79.9. The minimum atomic E-state index is 0.184. The molecule has 0 amide bonds. The molecule has 0 saturated carbocycles. The summed E-state index contributed by atoms with van der Waals surface area (Å²) in [5.41, 5.74) is 9.91. The number of nitrogens with two attached hydrogens (primary N) is 1. The Kier molecular flexibility index (Phi) is 3.93. The van der Waals surface area contributed by atoms with E-state index in [1.54, 1.807) is 0 Å². The summed E-state index contributed by atoms with van der Waals surface area (Å²) in [5, 5.41) is 0. The highest BCUT2D eigenvalue weighted by Crippen LogP contribution is 2.27. The molecule has 118 valence electrons. The Labute approximate surface area is 144 Å². The van der Waals surface area contributed by atoms with Crippen LogP contribution in [0, 0.1) is 0 Å². The molecule has 0 unspecified atom stereocenters. The predicted molar refractivity (Wildman–Crippen MR) is 95.3 cm³/mol. The van der Waals surface area contributed by atoms with Crippen molar-refractivity contribution in [1.29, 1.82) is 0 Å². The Balaban J connectivity index is 1.54. The number of imidazole rings is 1. The van der Waals surface area contributed by atoms with Gasteiger partial charge in [-0.15, -0.1) is 0 Å². The summed E-state index contributed by atoms with van der Waals surface area (Å²) in [6.07, 6.45) is 4.03. The van der Waals surface area contributed by atoms with Gasteiger partial charge in [0, 0.05) is 42.3 Å². The van der Waals surface area contributed by atoms with Crippen molar-refractivity contribution >= 4 is 21.6 Å².